The fraction of sp³-hybridized carbons (Fsp3) is 0.652. The van der Waals surface area contributed by atoms with Crippen LogP contribution in [-0.2, 0) is 15.7 Å². The van der Waals surface area contributed by atoms with E-state index in [1.54, 1.807) is 4.90 Å². The minimum Gasteiger partial charge on any atom is -0.381 e. The Morgan fingerprint density at radius 2 is 1.78 bits per heavy atom. The molecule has 9 heteroatoms. The van der Waals surface area contributed by atoms with Gasteiger partial charge < -0.3 is 14.5 Å². The van der Waals surface area contributed by atoms with Gasteiger partial charge in [-0.1, -0.05) is 0 Å². The summed E-state index contributed by atoms with van der Waals surface area (Å²) in [7, 11) is 0. The molecule has 3 saturated heterocycles. The third-order valence-electron chi connectivity index (χ3n) is 7.17. The van der Waals surface area contributed by atoms with Crippen LogP contribution in [0.5, 0.6) is 0 Å². The maximum Gasteiger partial charge on any atom is 0.416 e. The molecule has 32 heavy (non-hydrogen) atoms. The van der Waals surface area contributed by atoms with Crippen molar-refractivity contribution in [2.24, 2.45) is 5.92 Å². The number of ether oxygens (including phenoxy) is 1. The van der Waals surface area contributed by atoms with Crippen molar-refractivity contribution in [1.82, 2.24) is 9.80 Å². The maximum absolute atomic E-state index is 13.6. The van der Waals surface area contributed by atoms with E-state index < -0.39 is 23.3 Å². The van der Waals surface area contributed by atoms with Gasteiger partial charge in [0.1, 0.15) is 5.54 Å². The smallest absolute Gasteiger partial charge is 0.381 e. The van der Waals surface area contributed by atoms with Crippen LogP contribution in [0.3, 0.4) is 0 Å². The zero-order valence-corrected chi connectivity index (χ0v) is 18.6. The van der Waals surface area contributed by atoms with E-state index in [0.29, 0.717) is 38.4 Å². The number of likely N-dealkylation sites (N-methyl/N-ethyl adjacent to an activating group) is 1. The van der Waals surface area contributed by atoms with Gasteiger partial charge in [0, 0.05) is 39.4 Å². The molecule has 0 aromatic heterocycles. The Kier molecular flexibility index (Phi) is 6.24. The van der Waals surface area contributed by atoms with Gasteiger partial charge in [-0.2, -0.15) is 13.2 Å². The highest BCUT2D eigenvalue weighted by atomic mass is 19.4. The highest BCUT2D eigenvalue weighted by molar-refractivity contribution is 6.23. The average molecular weight is 454 g/mol. The highest BCUT2D eigenvalue weighted by Gasteiger charge is 2.58. The van der Waals surface area contributed by atoms with Crippen molar-refractivity contribution in [2.75, 3.05) is 44.3 Å². The molecule has 0 atom stereocenters. The molecule has 1 aromatic rings. The minimum atomic E-state index is -4.48. The first-order valence-electron chi connectivity index (χ1n) is 11.3. The summed E-state index contributed by atoms with van der Waals surface area (Å²) >= 11 is 0. The van der Waals surface area contributed by atoms with Gasteiger partial charge >= 0.3 is 12.2 Å². The molecule has 0 radical (unpaired) electrons. The molecule has 6 nitrogen and oxygen atoms in total. The molecule has 0 bridgehead atoms. The van der Waals surface area contributed by atoms with E-state index in [-0.39, 0.29) is 17.2 Å². The SMILES string of the molecule is CCN1C(=O)N(c2ccc(C(F)(F)F)c(C)c2)C(=O)C12CCN(CC1CCOCC1)CC2. The number of benzene rings is 1. The normalized spacial score (nSPS) is 22.9. The number of anilines is 1. The molecule has 4 rings (SSSR count). The number of imide groups is 1. The first-order chi connectivity index (χ1) is 15.2. The van der Waals surface area contributed by atoms with Crippen LogP contribution < -0.4 is 4.90 Å². The third-order valence-corrected chi connectivity index (χ3v) is 7.17. The summed E-state index contributed by atoms with van der Waals surface area (Å²) in [6.45, 7) is 7.54. The van der Waals surface area contributed by atoms with Crippen molar-refractivity contribution in [3.05, 3.63) is 29.3 Å². The van der Waals surface area contributed by atoms with Crippen LogP contribution in [0, 0.1) is 12.8 Å². The molecular weight excluding hydrogens is 423 g/mol. The molecule has 3 amide bonds. The Labute approximate surface area is 186 Å². The number of hydrogen-bond donors (Lipinski definition) is 0. The number of hydrogen-bond acceptors (Lipinski definition) is 4. The fourth-order valence-corrected chi connectivity index (χ4v) is 5.37. The van der Waals surface area contributed by atoms with E-state index in [4.69, 9.17) is 4.74 Å². The van der Waals surface area contributed by atoms with Gasteiger partial charge in [0.25, 0.3) is 5.91 Å². The van der Waals surface area contributed by atoms with Crippen LogP contribution in [0.4, 0.5) is 23.7 Å². The number of urea groups is 1. The third kappa shape index (κ3) is 4.01. The molecule has 0 aliphatic carbocycles. The van der Waals surface area contributed by atoms with Crippen molar-refractivity contribution in [3.8, 4) is 0 Å². The van der Waals surface area contributed by atoms with Crippen LogP contribution in [-0.4, -0.2) is 66.7 Å². The molecule has 0 unspecified atom stereocenters. The predicted molar refractivity (Wildman–Crippen MR) is 113 cm³/mol. The standard InChI is InChI=1S/C23H30F3N3O3/c1-3-28-21(31)29(18-4-5-19(16(2)14-18)23(24,25)26)20(30)22(28)8-10-27(11-9-22)15-17-6-12-32-13-7-17/h4-5,14,17H,3,6-13,15H2,1-2H3. The maximum atomic E-state index is 13.6. The molecule has 3 aliphatic rings. The molecule has 3 aliphatic heterocycles. The number of piperidine rings is 1. The predicted octanol–water partition coefficient (Wildman–Crippen LogP) is 4.06. The van der Waals surface area contributed by atoms with Crippen molar-refractivity contribution >= 4 is 17.6 Å². The molecule has 0 saturated carbocycles. The Morgan fingerprint density at radius 3 is 2.34 bits per heavy atom. The summed E-state index contributed by atoms with van der Waals surface area (Å²) in [6.07, 6.45) is -1.33. The molecule has 3 fully saturated rings. The van der Waals surface area contributed by atoms with Gasteiger partial charge in [0.15, 0.2) is 0 Å². The van der Waals surface area contributed by atoms with Crippen LogP contribution in [0.15, 0.2) is 18.2 Å². The van der Waals surface area contributed by atoms with Gasteiger partial charge in [-0.3, -0.25) is 4.79 Å². The van der Waals surface area contributed by atoms with E-state index >= 15 is 0 Å². The van der Waals surface area contributed by atoms with E-state index in [2.05, 4.69) is 4.90 Å². The summed E-state index contributed by atoms with van der Waals surface area (Å²) in [6, 6.07) is 3.00. The summed E-state index contributed by atoms with van der Waals surface area (Å²) in [5.41, 5.74) is -1.49. The first kappa shape index (κ1) is 23.0. The topological polar surface area (TPSA) is 53.1 Å². The van der Waals surface area contributed by atoms with Crippen molar-refractivity contribution < 1.29 is 27.5 Å². The zero-order chi connectivity index (χ0) is 23.1. The molecular formula is C23H30F3N3O3. The van der Waals surface area contributed by atoms with Gasteiger partial charge in [-0.05, 0) is 69.2 Å². The van der Waals surface area contributed by atoms with E-state index in [0.717, 1.165) is 43.6 Å². The van der Waals surface area contributed by atoms with Crippen LogP contribution >= 0.6 is 0 Å². The van der Waals surface area contributed by atoms with Crippen LogP contribution in [0.25, 0.3) is 0 Å². The molecule has 1 aromatic carbocycles. The minimum absolute atomic E-state index is 0.00845. The van der Waals surface area contributed by atoms with Gasteiger partial charge in [-0.15, -0.1) is 0 Å². The Bertz CT molecular complexity index is 875. The molecule has 176 valence electrons. The summed E-state index contributed by atoms with van der Waals surface area (Å²) in [4.78, 5) is 31.8. The quantitative estimate of drug-likeness (QED) is 0.646. The Hall–Kier alpha value is -2.13. The summed E-state index contributed by atoms with van der Waals surface area (Å²) in [5.74, 6) is 0.266. The molecule has 1 spiro atoms. The second kappa shape index (κ2) is 8.67. The lowest BCUT2D eigenvalue weighted by atomic mass is 9.85. The number of likely N-dealkylation sites (tertiary alicyclic amines) is 1. The number of nitrogens with zero attached hydrogens (tertiary/aromatic N) is 3. The van der Waals surface area contributed by atoms with Crippen LogP contribution in [0.2, 0.25) is 0 Å². The second-order valence-electron chi connectivity index (χ2n) is 9.05. The number of amides is 3. The zero-order valence-electron chi connectivity index (χ0n) is 18.6. The molecule has 3 heterocycles. The monoisotopic (exact) mass is 453 g/mol. The van der Waals surface area contributed by atoms with Gasteiger partial charge in [0.05, 0.1) is 11.3 Å². The number of alkyl halides is 3. The lowest BCUT2D eigenvalue weighted by molar-refractivity contribution is -0.138. The summed E-state index contributed by atoms with van der Waals surface area (Å²) < 4.78 is 44.9. The number of rotatable bonds is 4. The van der Waals surface area contributed by atoms with E-state index in [1.807, 2.05) is 6.92 Å². The number of aryl methyl sites for hydroxylation is 1. The average Bonchev–Trinajstić information content (AvgIpc) is 2.95. The summed E-state index contributed by atoms with van der Waals surface area (Å²) in [5, 5.41) is 0. The van der Waals surface area contributed by atoms with Gasteiger partial charge in [-0.25, -0.2) is 9.69 Å². The van der Waals surface area contributed by atoms with Crippen molar-refractivity contribution in [3.63, 3.8) is 0 Å². The number of carbonyl (C=O) groups excluding carboxylic acids is 2. The largest absolute Gasteiger partial charge is 0.416 e. The van der Waals surface area contributed by atoms with E-state index in [9.17, 15) is 22.8 Å². The van der Waals surface area contributed by atoms with Crippen LogP contribution in [0.1, 0.15) is 43.7 Å². The van der Waals surface area contributed by atoms with E-state index in [1.165, 1.54) is 19.1 Å². The number of carbonyl (C=O) groups is 2. The van der Waals surface area contributed by atoms with Crippen molar-refractivity contribution in [1.29, 1.82) is 0 Å². The second-order valence-corrected chi connectivity index (χ2v) is 9.05. The van der Waals surface area contributed by atoms with Crippen molar-refractivity contribution in [2.45, 2.75) is 51.2 Å². The number of halogens is 3. The fourth-order valence-electron chi connectivity index (χ4n) is 5.37. The lowest BCUT2D eigenvalue weighted by Crippen LogP contribution is -2.57. The van der Waals surface area contributed by atoms with Gasteiger partial charge in [0.2, 0.25) is 0 Å². The lowest BCUT2D eigenvalue weighted by Gasteiger charge is -2.43. The highest BCUT2D eigenvalue weighted by Crippen LogP contribution is 2.41. The Balaban J connectivity index is 1.53. The first-order valence-corrected chi connectivity index (χ1v) is 11.3. The molecule has 0 N–H and O–H groups in total. The Morgan fingerprint density at radius 1 is 1.12 bits per heavy atom.